The van der Waals surface area contributed by atoms with E-state index >= 15 is 0 Å². The normalized spacial score (nSPS) is 24.5. The SMILES string of the molecule is C[C@H]1COC[C@H](C)N1Cc1cc(=O)c2ccc(Br)c3c2n1CC3. The van der Waals surface area contributed by atoms with Crippen LogP contribution in [-0.2, 0) is 24.2 Å². The van der Waals surface area contributed by atoms with Gasteiger partial charge in [-0.2, -0.15) is 0 Å². The lowest BCUT2D eigenvalue weighted by Crippen LogP contribution is -2.49. The summed E-state index contributed by atoms with van der Waals surface area (Å²) in [5.41, 5.74) is 3.65. The highest BCUT2D eigenvalue weighted by molar-refractivity contribution is 9.10. The van der Waals surface area contributed by atoms with E-state index < -0.39 is 0 Å². The number of pyridine rings is 1. The van der Waals surface area contributed by atoms with Crippen LogP contribution in [0.2, 0.25) is 0 Å². The van der Waals surface area contributed by atoms with Crippen molar-refractivity contribution >= 4 is 26.8 Å². The van der Waals surface area contributed by atoms with Crippen molar-refractivity contribution in [2.75, 3.05) is 13.2 Å². The molecule has 23 heavy (non-hydrogen) atoms. The molecule has 4 rings (SSSR count). The fourth-order valence-electron chi connectivity index (χ4n) is 3.95. The number of hydrogen-bond acceptors (Lipinski definition) is 3. The van der Waals surface area contributed by atoms with Gasteiger partial charge in [-0.25, -0.2) is 0 Å². The van der Waals surface area contributed by atoms with Crippen LogP contribution in [0.3, 0.4) is 0 Å². The molecule has 0 radical (unpaired) electrons. The summed E-state index contributed by atoms with van der Waals surface area (Å²) in [6.07, 6.45) is 0.989. The van der Waals surface area contributed by atoms with Crippen LogP contribution in [-0.4, -0.2) is 34.8 Å². The Morgan fingerprint density at radius 3 is 2.74 bits per heavy atom. The first-order valence-electron chi connectivity index (χ1n) is 8.23. The van der Waals surface area contributed by atoms with Crippen molar-refractivity contribution < 1.29 is 4.74 Å². The predicted octanol–water partition coefficient (Wildman–Crippen LogP) is 2.93. The summed E-state index contributed by atoms with van der Waals surface area (Å²) in [7, 11) is 0. The van der Waals surface area contributed by atoms with Gasteiger partial charge >= 0.3 is 0 Å². The van der Waals surface area contributed by atoms with Crippen LogP contribution >= 0.6 is 15.9 Å². The quantitative estimate of drug-likeness (QED) is 0.807. The average Bonchev–Trinajstić information content (AvgIpc) is 2.96. The van der Waals surface area contributed by atoms with Crippen molar-refractivity contribution in [2.45, 2.75) is 45.4 Å². The number of benzene rings is 1. The molecule has 2 aromatic rings. The summed E-state index contributed by atoms with van der Waals surface area (Å²) < 4.78 is 9.07. The van der Waals surface area contributed by atoms with Crippen molar-refractivity contribution in [3.63, 3.8) is 0 Å². The summed E-state index contributed by atoms with van der Waals surface area (Å²) in [4.78, 5) is 15.0. The first-order valence-corrected chi connectivity index (χ1v) is 9.03. The maximum absolute atomic E-state index is 12.6. The van der Waals surface area contributed by atoms with Gasteiger partial charge in [0.2, 0.25) is 0 Å². The molecule has 5 heteroatoms. The maximum atomic E-state index is 12.6. The monoisotopic (exact) mass is 376 g/mol. The molecule has 0 saturated carbocycles. The largest absolute Gasteiger partial charge is 0.378 e. The molecule has 1 saturated heterocycles. The molecule has 0 aliphatic carbocycles. The molecule has 2 aliphatic rings. The number of aryl methyl sites for hydroxylation is 2. The number of halogens is 1. The third-order valence-electron chi connectivity index (χ3n) is 5.19. The number of rotatable bonds is 2. The smallest absolute Gasteiger partial charge is 0.189 e. The number of morpholine rings is 1. The highest BCUT2D eigenvalue weighted by Gasteiger charge is 2.28. The highest BCUT2D eigenvalue weighted by Crippen LogP contribution is 2.32. The third kappa shape index (κ3) is 2.46. The molecule has 1 aromatic heterocycles. The molecule has 2 aliphatic heterocycles. The summed E-state index contributed by atoms with van der Waals surface area (Å²) in [5.74, 6) is 0. The van der Waals surface area contributed by atoms with Gasteiger partial charge in [-0.05, 0) is 38.0 Å². The van der Waals surface area contributed by atoms with Crippen LogP contribution in [0, 0.1) is 0 Å². The third-order valence-corrected chi connectivity index (χ3v) is 5.93. The van der Waals surface area contributed by atoms with Crippen LogP contribution < -0.4 is 5.43 Å². The lowest BCUT2D eigenvalue weighted by atomic mass is 10.1. The molecule has 2 atom stereocenters. The molecular formula is C18H21BrN2O2. The van der Waals surface area contributed by atoms with Gasteiger partial charge in [0.25, 0.3) is 0 Å². The first kappa shape index (κ1) is 15.4. The zero-order valence-corrected chi connectivity index (χ0v) is 15.1. The van der Waals surface area contributed by atoms with Crippen LogP contribution in [0.5, 0.6) is 0 Å². The van der Waals surface area contributed by atoms with Crippen molar-refractivity contribution in [2.24, 2.45) is 0 Å². The van der Waals surface area contributed by atoms with Crippen molar-refractivity contribution in [1.82, 2.24) is 9.47 Å². The van der Waals surface area contributed by atoms with Gasteiger partial charge in [-0.3, -0.25) is 9.69 Å². The van der Waals surface area contributed by atoms with Gasteiger partial charge in [0, 0.05) is 46.8 Å². The Hall–Kier alpha value is -1.17. The molecule has 4 nitrogen and oxygen atoms in total. The van der Waals surface area contributed by atoms with E-state index in [1.807, 2.05) is 18.2 Å². The summed E-state index contributed by atoms with van der Waals surface area (Å²) in [5, 5.41) is 0.840. The summed E-state index contributed by atoms with van der Waals surface area (Å²) in [6.45, 7) is 7.68. The second kappa shape index (κ2) is 5.72. The molecule has 0 unspecified atom stereocenters. The highest BCUT2D eigenvalue weighted by atomic mass is 79.9. The van der Waals surface area contributed by atoms with Gasteiger partial charge in [-0.15, -0.1) is 0 Å². The zero-order chi connectivity index (χ0) is 16.1. The van der Waals surface area contributed by atoms with E-state index in [0.717, 1.165) is 53.8 Å². The Morgan fingerprint density at radius 1 is 1.26 bits per heavy atom. The molecule has 3 heterocycles. The number of aromatic nitrogens is 1. The fraction of sp³-hybridized carbons (Fsp3) is 0.500. The van der Waals surface area contributed by atoms with E-state index in [0.29, 0.717) is 12.1 Å². The van der Waals surface area contributed by atoms with Gasteiger partial charge in [0.1, 0.15) is 0 Å². The van der Waals surface area contributed by atoms with E-state index in [9.17, 15) is 4.79 Å². The van der Waals surface area contributed by atoms with E-state index in [2.05, 4.69) is 39.2 Å². The Morgan fingerprint density at radius 2 is 2.00 bits per heavy atom. The molecule has 0 N–H and O–H groups in total. The lowest BCUT2D eigenvalue weighted by molar-refractivity contribution is -0.0418. The Balaban J connectivity index is 1.82. The molecule has 0 spiro atoms. The van der Waals surface area contributed by atoms with Gasteiger partial charge in [0.15, 0.2) is 5.43 Å². The fourth-order valence-corrected chi connectivity index (χ4v) is 4.47. The van der Waals surface area contributed by atoms with Gasteiger partial charge in [-0.1, -0.05) is 15.9 Å². The van der Waals surface area contributed by atoms with Crippen molar-refractivity contribution in [3.05, 3.63) is 44.2 Å². The summed E-state index contributed by atoms with van der Waals surface area (Å²) in [6, 6.07) is 6.53. The minimum atomic E-state index is 0.135. The first-order chi connectivity index (χ1) is 11.1. The van der Waals surface area contributed by atoms with Gasteiger partial charge in [0.05, 0.1) is 18.7 Å². The van der Waals surface area contributed by atoms with Crippen molar-refractivity contribution in [3.8, 4) is 0 Å². The van der Waals surface area contributed by atoms with Crippen LogP contribution in [0.25, 0.3) is 10.9 Å². The minimum Gasteiger partial charge on any atom is -0.378 e. The zero-order valence-electron chi connectivity index (χ0n) is 13.5. The predicted molar refractivity (Wildman–Crippen MR) is 94.9 cm³/mol. The van der Waals surface area contributed by atoms with E-state index in [4.69, 9.17) is 4.74 Å². The molecule has 0 amide bonds. The topological polar surface area (TPSA) is 34.5 Å². The summed E-state index contributed by atoms with van der Waals surface area (Å²) >= 11 is 3.64. The molecular weight excluding hydrogens is 356 g/mol. The number of ether oxygens (including phenoxy) is 1. The standard InChI is InChI=1S/C18H21BrN2O2/c1-11-9-23-10-12(2)21(11)8-13-7-17(22)15-3-4-16(19)14-5-6-20(13)18(14)15/h3-4,7,11-12H,5-6,8-10H2,1-2H3/t11-,12-/m0/s1. The van der Waals surface area contributed by atoms with E-state index in [1.54, 1.807) is 0 Å². The Labute approximate surface area is 144 Å². The van der Waals surface area contributed by atoms with Crippen LogP contribution in [0.4, 0.5) is 0 Å². The second-order valence-corrected chi connectivity index (χ2v) is 7.59. The lowest BCUT2D eigenvalue weighted by Gasteiger charge is -2.39. The molecule has 0 bridgehead atoms. The number of nitrogens with zero attached hydrogens (tertiary/aromatic N) is 2. The molecule has 122 valence electrons. The molecule has 1 fully saturated rings. The Bertz CT molecular complexity index is 820. The van der Waals surface area contributed by atoms with Crippen molar-refractivity contribution in [1.29, 1.82) is 0 Å². The van der Waals surface area contributed by atoms with E-state index in [-0.39, 0.29) is 5.43 Å². The minimum absolute atomic E-state index is 0.135. The maximum Gasteiger partial charge on any atom is 0.189 e. The van der Waals surface area contributed by atoms with Gasteiger partial charge < -0.3 is 9.30 Å². The average molecular weight is 377 g/mol. The number of hydrogen-bond donors (Lipinski definition) is 0. The second-order valence-electron chi connectivity index (χ2n) is 6.73. The van der Waals surface area contributed by atoms with Crippen LogP contribution in [0.1, 0.15) is 25.1 Å². The Kier molecular flexibility index (Phi) is 3.82. The van der Waals surface area contributed by atoms with E-state index in [1.165, 1.54) is 5.56 Å². The molecule has 1 aromatic carbocycles. The van der Waals surface area contributed by atoms with Crippen LogP contribution in [0.15, 0.2) is 27.5 Å².